The minimum atomic E-state index is -0.721. The third-order valence-corrected chi connectivity index (χ3v) is 3.75. The molecule has 142 valence electrons. The number of benzene rings is 1. The molecule has 2 aromatic rings. The number of anilines is 2. The van der Waals surface area contributed by atoms with Crippen LogP contribution >= 0.6 is 11.6 Å². The van der Waals surface area contributed by atoms with E-state index in [0.717, 1.165) is 10.1 Å². The van der Waals surface area contributed by atoms with Crippen LogP contribution in [0.1, 0.15) is 6.92 Å². The molecule has 1 aromatic carbocycles. The van der Waals surface area contributed by atoms with Crippen LogP contribution in [0.15, 0.2) is 75.3 Å². The van der Waals surface area contributed by atoms with Gasteiger partial charge in [-0.05, 0) is 24.6 Å². The molecule has 0 saturated heterocycles. The van der Waals surface area contributed by atoms with Gasteiger partial charge >= 0.3 is 11.4 Å². The monoisotopic (exact) mass is 388 g/mol. The van der Waals surface area contributed by atoms with Gasteiger partial charge in [0.2, 0.25) is 5.95 Å². The molecule has 0 amide bonds. The Hall–Kier alpha value is -2.90. The number of nitrogens with zero attached hydrogens (tertiary/aromatic N) is 3. The van der Waals surface area contributed by atoms with Crippen molar-refractivity contribution < 1.29 is 5.11 Å². The molecule has 1 heterocycles. The topological polar surface area (TPSA) is 89.2 Å². The lowest BCUT2D eigenvalue weighted by atomic mass is 10.2. The van der Waals surface area contributed by atoms with Gasteiger partial charge in [0.05, 0.1) is 19.7 Å². The fourth-order valence-corrected chi connectivity index (χ4v) is 2.50. The lowest BCUT2D eigenvalue weighted by molar-refractivity contribution is 0.268. The molecule has 0 saturated carbocycles. The zero-order chi connectivity index (χ0) is 19.6. The van der Waals surface area contributed by atoms with Crippen molar-refractivity contribution in [1.29, 1.82) is 0 Å². The average molecular weight is 389 g/mol. The first kappa shape index (κ1) is 20.4. The fourth-order valence-electron chi connectivity index (χ4n) is 2.43. The zero-order valence-corrected chi connectivity index (χ0v) is 15.6. The summed E-state index contributed by atoms with van der Waals surface area (Å²) in [6.45, 7) is 1.56. The highest BCUT2D eigenvalue weighted by Gasteiger charge is 2.14. The number of aromatic nitrogens is 3. The maximum Gasteiger partial charge on any atom is 0.355 e. The van der Waals surface area contributed by atoms with Gasteiger partial charge in [-0.25, -0.2) is 14.2 Å². The van der Waals surface area contributed by atoms with E-state index in [1.54, 1.807) is 24.3 Å². The Kier molecular flexibility index (Phi) is 7.79. The molecule has 0 bridgehead atoms. The Morgan fingerprint density at radius 1 is 1.26 bits per heavy atom. The fraction of sp³-hybridized carbons (Fsp3) is 0.211. The van der Waals surface area contributed by atoms with E-state index >= 15 is 0 Å². The highest BCUT2D eigenvalue weighted by atomic mass is 35.5. The van der Waals surface area contributed by atoms with E-state index < -0.39 is 11.4 Å². The third kappa shape index (κ3) is 5.54. The molecular formula is C19H21ClN4O3. The smallest absolute Gasteiger partial charge is 0.355 e. The molecule has 0 atom stereocenters. The molecular weight excluding hydrogens is 368 g/mol. The number of allylic oxidation sites excluding steroid dienone is 5. The number of nitrogens with one attached hydrogen (secondary N) is 1. The molecule has 27 heavy (non-hydrogen) atoms. The van der Waals surface area contributed by atoms with Crippen molar-refractivity contribution in [2.75, 3.05) is 11.9 Å². The molecule has 0 aliphatic heterocycles. The SMILES string of the molecule is C\C=C/C(=C\C=C\Cl)Cn1c(Nc2ccccc2)nc(=O)n(CCO)c1=O. The van der Waals surface area contributed by atoms with Crippen LogP contribution < -0.4 is 16.7 Å². The van der Waals surface area contributed by atoms with Crippen LogP contribution in [0.25, 0.3) is 0 Å². The first-order valence-corrected chi connectivity index (χ1v) is 8.77. The summed E-state index contributed by atoms with van der Waals surface area (Å²) >= 11 is 5.59. The van der Waals surface area contributed by atoms with Gasteiger partial charge < -0.3 is 10.4 Å². The summed E-state index contributed by atoms with van der Waals surface area (Å²) in [7, 11) is 0. The van der Waals surface area contributed by atoms with E-state index in [4.69, 9.17) is 16.7 Å². The van der Waals surface area contributed by atoms with Gasteiger partial charge in [-0.2, -0.15) is 4.98 Å². The van der Waals surface area contributed by atoms with E-state index in [-0.39, 0.29) is 25.6 Å². The van der Waals surface area contributed by atoms with Crippen molar-refractivity contribution in [3.8, 4) is 0 Å². The minimum absolute atomic E-state index is 0.121. The van der Waals surface area contributed by atoms with E-state index in [1.165, 1.54) is 10.1 Å². The normalized spacial score (nSPS) is 12.2. The Balaban J connectivity index is 2.58. The van der Waals surface area contributed by atoms with Crippen molar-refractivity contribution in [2.24, 2.45) is 0 Å². The molecule has 0 aliphatic carbocycles. The number of hydrogen-bond donors (Lipinski definition) is 2. The molecule has 0 fully saturated rings. The molecule has 0 unspecified atom stereocenters. The first-order chi connectivity index (χ1) is 13.1. The maximum absolute atomic E-state index is 12.8. The second kappa shape index (κ2) is 10.3. The van der Waals surface area contributed by atoms with Gasteiger partial charge in [-0.3, -0.25) is 4.57 Å². The molecule has 2 rings (SSSR count). The summed E-state index contributed by atoms with van der Waals surface area (Å²) in [6, 6.07) is 9.11. The number of aliphatic hydroxyl groups excluding tert-OH is 1. The second-order valence-electron chi connectivity index (χ2n) is 5.51. The van der Waals surface area contributed by atoms with E-state index in [0.29, 0.717) is 5.69 Å². The Labute approximate surface area is 161 Å². The summed E-state index contributed by atoms with van der Waals surface area (Å²) in [4.78, 5) is 29.0. The largest absolute Gasteiger partial charge is 0.395 e. The van der Waals surface area contributed by atoms with Crippen LogP contribution in [-0.2, 0) is 13.1 Å². The summed E-state index contributed by atoms with van der Waals surface area (Å²) < 4.78 is 2.25. The summed E-state index contributed by atoms with van der Waals surface area (Å²) in [5.74, 6) is 0.121. The average Bonchev–Trinajstić information content (AvgIpc) is 2.67. The van der Waals surface area contributed by atoms with Crippen molar-refractivity contribution in [1.82, 2.24) is 14.1 Å². The quantitative estimate of drug-likeness (QED) is 0.678. The molecule has 8 heteroatoms. The highest BCUT2D eigenvalue weighted by molar-refractivity contribution is 6.25. The van der Waals surface area contributed by atoms with Crippen LogP contribution in [0.5, 0.6) is 0 Å². The van der Waals surface area contributed by atoms with Crippen LogP contribution in [0, 0.1) is 0 Å². The van der Waals surface area contributed by atoms with Gasteiger partial charge in [0.1, 0.15) is 0 Å². The Bertz CT molecular complexity index is 959. The van der Waals surface area contributed by atoms with Gasteiger partial charge in [0.15, 0.2) is 0 Å². The third-order valence-electron chi connectivity index (χ3n) is 3.61. The van der Waals surface area contributed by atoms with Crippen molar-refractivity contribution in [3.05, 3.63) is 86.7 Å². The lowest BCUT2D eigenvalue weighted by Gasteiger charge is -2.15. The van der Waals surface area contributed by atoms with E-state index in [2.05, 4.69) is 10.3 Å². The molecule has 0 spiro atoms. The van der Waals surface area contributed by atoms with Gasteiger partial charge in [0.25, 0.3) is 0 Å². The summed E-state index contributed by atoms with van der Waals surface area (Å²) in [5, 5.41) is 12.2. The minimum Gasteiger partial charge on any atom is -0.395 e. The van der Waals surface area contributed by atoms with Gasteiger partial charge in [-0.15, -0.1) is 0 Å². The standard InChI is InChI=1S/C19H21ClN4O3/c1-2-7-15(8-6-11-20)14-24-17(21-16-9-4-3-5-10-16)22-18(26)23(12-13-25)19(24)27/h2-11,25H,12-14H2,1H3,(H,21,22,26)/b7-2-,11-6+,15-8+. The van der Waals surface area contributed by atoms with Crippen LogP contribution in [0.4, 0.5) is 11.6 Å². The number of hydrogen-bond acceptors (Lipinski definition) is 5. The van der Waals surface area contributed by atoms with Crippen molar-refractivity contribution >= 4 is 23.2 Å². The molecule has 7 nitrogen and oxygen atoms in total. The molecule has 0 radical (unpaired) electrons. The van der Waals surface area contributed by atoms with Crippen LogP contribution in [0.3, 0.4) is 0 Å². The highest BCUT2D eigenvalue weighted by Crippen LogP contribution is 2.13. The number of rotatable bonds is 8. The summed E-state index contributed by atoms with van der Waals surface area (Å²) in [5.41, 5.74) is 1.55. The first-order valence-electron chi connectivity index (χ1n) is 8.34. The Morgan fingerprint density at radius 2 is 2.00 bits per heavy atom. The number of halogens is 1. The predicted octanol–water partition coefficient (Wildman–Crippen LogP) is 2.40. The Morgan fingerprint density at radius 3 is 2.63 bits per heavy atom. The van der Waals surface area contributed by atoms with Crippen molar-refractivity contribution in [2.45, 2.75) is 20.0 Å². The van der Waals surface area contributed by atoms with E-state index in [9.17, 15) is 9.59 Å². The number of para-hydroxylation sites is 1. The molecule has 0 aliphatic rings. The predicted molar refractivity (Wildman–Crippen MR) is 107 cm³/mol. The van der Waals surface area contributed by atoms with E-state index in [1.807, 2.05) is 37.3 Å². The summed E-state index contributed by atoms with van der Waals surface area (Å²) in [6.07, 6.45) is 7.06. The maximum atomic E-state index is 12.8. The van der Waals surface area contributed by atoms with Crippen molar-refractivity contribution in [3.63, 3.8) is 0 Å². The van der Waals surface area contributed by atoms with Crippen LogP contribution in [0.2, 0.25) is 0 Å². The van der Waals surface area contributed by atoms with Gasteiger partial charge in [0, 0.05) is 11.2 Å². The lowest BCUT2D eigenvalue weighted by Crippen LogP contribution is -2.43. The van der Waals surface area contributed by atoms with Gasteiger partial charge in [-0.1, -0.05) is 54.1 Å². The molecule has 2 N–H and O–H groups in total. The zero-order valence-electron chi connectivity index (χ0n) is 14.9. The van der Waals surface area contributed by atoms with Crippen LogP contribution in [-0.4, -0.2) is 25.8 Å². The molecule has 1 aromatic heterocycles. The second-order valence-corrected chi connectivity index (χ2v) is 5.76. The number of aliphatic hydroxyl groups is 1.